The van der Waals surface area contributed by atoms with Gasteiger partial charge in [-0.05, 0) is 78.0 Å². The number of ether oxygens (including phenoxy) is 2. The fourth-order valence-electron chi connectivity index (χ4n) is 6.53. The van der Waals surface area contributed by atoms with Gasteiger partial charge in [0.15, 0.2) is 10.7 Å². The summed E-state index contributed by atoms with van der Waals surface area (Å²) < 4.78 is 46.9. The second-order valence-corrected chi connectivity index (χ2v) is 14.9. The number of aliphatic hydroxyl groups excluding tert-OH is 1. The van der Waals surface area contributed by atoms with Crippen LogP contribution in [-0.2, 0) is 19.6 Å². The average Bonchev–Trinajstić information content (AvgIpc) is 3.40. The first-order valence-corrected chi connectivity index (χ1v) is 18.4. The zero-order valence-corrected chi connectivity index (χ0v) is 29.5. The molecule has 13 heteroatoms. The number of aromatic nitrogens is 1. The lowest BCUT2D eigenvalue weighted by Gasteiger charge is -2.36. The van der Waals surface area contributed by atoms with E-state index in [2.05, 4.69) is 9.88 Å². The van der Waals surface area contributed by atoms with Crippen LogP contribution in [0.4, 0.5) is 5.69 Å². The highest BCUT2D eigenvalue weighted by atomic mass is 32.2. The van der Waals surface area contributed by atoms with E-state index in [4.69, 9.17) is 14.0 Å². The Morgan fingerprint density at radius 2 is 1.83 bits per heavy atom. The maximum Gasteiger partial charge on any atom is 0.267 e. The lowest BCUT2D eigenvalue weighted by atomic mass is 9.88. The van der Waals surface area contributed by atoms with Crippen molar-refractivity contribution in [2.75, 3.05) is 38.1 Å². The molecule has 1 aliphatic carbocycles. The minimum Gasteiger partial charge on any atom is -0.490 e. The van der Waals surface area contributed by atoms with Gasteiger partial charge < -0.3 is 28.9 Å². The number of aryl methyl sites for hydroxylation is 2. The summed E-state index contributed by atoms with van der Waals surface area (Å²) in [4.78, 5) is 31.0. The van der Waals surface area contributed by atoms with E-state index in [9.17, 15) is 23.1 Å². The lowest BCUT2D eigenvalue weighted by molar-refractivity contribution is -0.137. The third-order valence-electron chi connectivity index (χ3n) is 9.32. The van der Waals surface area contributed by atoms with Crippen molar-refractivity contribution in [1.82, 2.24) is 15.0 Å². The van der Waals surface area contributed by atoms with Gasteiger partial charge >= 0.3 is 0 Å². The third kappa shape index (κ3) is 9.26. The van der Waals surface area contributed by atoms with E-state index < -0.39 is 22.0 Å². The number of hydrogen-bond donors (Lipinski definition) is 2. The second-order valence-electron chi connectivity index (χ2n) is 13.3. The fourth-order valence-corrected chi connectivity index (χ4v) is 7.92. The average molecular weight is 677 g/mol. The Morgan fingerprint density at radius 3 is 2.49 bits per heavy atom. The number of benzene rings is 1. The number of nitrogens with one attached hydrogen (secondary N) is 1. The Morgan fingerprint density at radius 1 is 1.13 bits per heavy atom. The van der Waals surface area contributed by atoms with E-state index in [0.29, 0.717) is 25.3 Å². The maximum atomic E-state index is 14.4. The molecule has 12 nitrogen and oxygen atoms in total. The molecule has 2 heterocycles. The number of nitrogens with zero attached hydrogens (tertiary/aromatic N) is 3. The molecule has 4 rings (SSSR count). The molecule has 2 aliphatic rings. The molecule has 0 unspecified atom stereocenters. The summed E-state index contributed by atoms with van der Waals surface area (Å²) in [5.41, 5.74) is 0.562. The van der Waals surface area contributed by atoms with Crippen molar-refractivity contribution in [2.45, 2.75) is 109 Å². The first-order chi connectivity index (χ1) is 22.3. The molecular formula is C34H52N4O8S. The van der Waals surface area contributed by atoms with Crippen molar-refractivity contribution in [1.29, 1.82) is 0 Å². The summed E-state index contributed by atoms with van der Waals surface area (Å²) in [6.45, 7) is 9.62. The first kappa shape index (κ1) is 36.7. The van der Waals surface area contributed by atoms with E-state index in [1.165, 1.54) is 19.4 Å². The summed E-state index contributed by atoms with van der Waals surface area (Å²) in [6, 6.07) is 4.07. The number of carbonyl (C=O) groups excluding carboxylic acids is 2. The topological polar surface area (TPSA) is 152 Å². The van der Waals surface area contributed by atoms with Gasteiger partial charge in [0.25, 0.3) is 15.9 Å². The van der Waals surface area contributed by atoms with Gasteiger partial charge in [0.1, 0.15) is 11.4 Å². The molecule has 47 heavy (non-hydrogen) atoms. The molecule has 4 atom stereocenters. The van der Waals surface area contributed by atoms with Crippen LogP contribution in [0, 0.1) is 25.7 Å². The van der Waals surface area contributed by atoms with Gasteiger partial charge in [-0.1, -0.05) is 31.3 Å². The van der Waals surface area contributed by atoms with Crippen LogP contribution in [-0.4, -0.2) is 91.9 Å². The summed E-state index contributed by atoms with van der Waals surface area (Å²) in [6.07, 6.45) is 6.94. The van der Waals surface area contributed by atoms with Crippen LogP contribution in [0.3, 0.4) is 0 Å². The SMILES string of the molecule is Cc1noc(C)c1S(=O)(=O)Nc1ccc2c(c1)C(=O)N([C@@H](C)CO)C[C@@H](C)[C@H](CN(C)C(=O)C1CCCCC1)OCCCC[C@H](C)O2. The quantitative estimate of drug-likeness (QED) is 0.397. The van der Waals surface area contributed by atoms with Crippen molar-refractivity contribution >= 4 is 27.5 Å². The molecule has 0 bridgehead atoms. The summed E-state index contributed by atoms with van der Waals surface area (Å²) in [7, 11) is -2.24. The minimum atomic E-state index is -4.07. The monoisotopic (exact) mass is 676 g/mol. The largest absolute Gasteiger partial charge is 0.490 e. The highest BCUT2D eigenvalue weighted by Gasteiger charge is 2.33. The van der Waals surface area contributed by atoms with Crippen LogP contribution in [0.15, 0.2) is 27.6 Å². The number of sulfonamides is 1. The summed E-state index contributed by atoms with van der Waals surface area (Å²) in [5, 5.41) is 14.0. The molecule has 0 radical (unpaired) electrons. The van der Waals surface area contributed by atoms with E-state index in [-0.39, 0.29) is 70.7 Å². The smallest absolute Gasteiger partial charge is 0.267 e. The van der Waals surface area contributed by atoms with E-state index >= 15 is 0 Å². The van der Waals surface area contributed by atoms with Crippen LogP contribution >= 0.6 is 0 Å². The number of hydrogen-bond acceptors (Lipinski definition) is 9. The molecule has 262 valence electrons. The first-order valence-electron chi connectivity index (χ1n) is 16.9. The number of fused-ring (bicyclic) bond motifs is 1. The number of amides is 2. The van der Waals surface area contributed by atoms with Crippen LogP contribution < -0.4 is 9.46 Å². The molecule has 1 saturated carbocycles. The highest BCUT2D eigenvalue weighted by molar-refractivity contribution is 7.92. The number of likely N-dealkylation sites (N-methyl/N-ethyl adjacent to an activating group) is 1. The van der Waals surface area contributed by atoms with Gasteiger partial charge in [0.05, 0.1) is 30.4 Å². The lowest BCUT2D eigenvalue weighted by Crippen LogP contribution is -2.48. The molecule has 1 aliphatic heterocycles. The van der Waals surface area contributed by atoms with E-state index in [0.717, 1.165) is 38.5 Å². The standard InChI is InChI=1S/C34H52N4O8S/c1-22-19-38(23(2)21-39)34(41)29-18-28(36-47(42,43)32-25(4)35-46-26(32)5)15-16-30(29)45-24(3)12-10-11-17-44-31(22)20-37(6)33(40)27-13-8-7-9-14-27/h15-16,18,22-24,27,31,36,39H,7-14,17,19-21H2,1-6H3/t22-,23+,24+,31+/m1/s1. The maximum absolute atomic E-state index is 14.4. The highest BCUT2D eigenvalue weighted by Crippen LogP contribution is 2.31. The Kier molecular flexibility index (Phi) is 12.7. The molecule has 2 amide bonds. The van der Waals surface area contributed by atoms with E-state index in [1.54, 1.807) is 35.8 Å². The minimum absolute atomic E-state index is 0.0391. The zero-order valence-electron chi connectivity index (χ0n) is 28.7. The number of rotatable bonds is 8. The molecule has 2 aromatic rings. The Hall–Kier alpha value is -3.16. The Bertz CT molecular complexity index is 1450. The molecule has 0 spiro atoms. The number of aliphatic hydroxyl groups is 1. The van der Waals surface area contributed by atoms with Crippen LogP contribution in [0.2, 0.25) is 0 Å². The van der Waals surface area contributed by atoms with Crippen molar-refractivity contribution in [3.63, 3.8) is 0 Å². The van der Waals surface area contributed by atoms with Crippen molar-refractivity contribution in [3.05, 3.63) is 35.2 Å². The van der Waals surface area contributed by atoms with Crippen LogP contribution in [0.1, 0.15) is 93.9 Å². The number of carbonyl (C=O) groups is 2. The predicted molar refractivity (Wildman–Crippen MR) is 178 cm³/mol. The molecule has 1 fully saturated rings. The van der Waals surface area contributed by atoms with Crippen LogP contribution in [0.25, 0.3) is 0 Å². The summed E-state index contributed by atoms with van der Waals surface area (Å²) >= 11 is 0. The van der Waals surface area contributed by atoms with Crippen LogP contribution in [0.5, 0.6) is 5.75 Å². The number of anilines is 1. The van der Waals surface area contributed by atoms with Crippen molar-refractivity contribution < 1.29 is 37.1 Å². The Labute approximate surface area is 279 Å². The zero-order chi connectivity index (χ0) is 34.3. The molecule has 1 aromatic carbocycles. The van der Waals surface area contributed by atoms with Gasteiger partial charge in [-0.2, -0.15) is 0 Å². The molecule has 0 saturated heterocycles. The van der Waals surface area contributed by atoms with Gasteiger partial charge in [-0.15, -0.1) is 0 Å². The normalized spacial score (nSPS) is 22.9. The summed E-state index contributed by atoms with van der Waals surface area (Å²) in [5.74, 6) is 0.0540. The van der Waals surface area contributed by atoms with Gasteiger partial charge in [-0.3, -0.25) is 14.3 Å². The van der Waals surface area contributed by atoms with Crippen molar-refractivity contribution in [2.24, 2.45) is 11.8 Å². The van der Waals surface area contributed by atoms with Gasteiger partial charge in [0.2, 0.25) is 5.91 Å². The van der Waals surface area contributed by atoms with E-state index in [1.807, 2.05) is 20.9 Å². The predicted octanol–water partition coefficient (Wildman–Crippen LogP) is 4.93. The molecule has 1 aromatic heterocycles. The second kappa shape index (κ2) is 16.3. The fraction of sp³-hybridized carbons (Fsp3) is 0.676. The molecule has 2 N–H and O–H groups in total. The van der Waals surface area contributed by atoms with Gasteiger partial charge in [0, 0.05) is 44.3 Å². The van der Waals surface area contributed by atoms with Crippen molar-refractivity contribution in [3.8, 4) is 5.75 Å². The third-order valence-corrected chi connectivity index (χ3v) is 10.9. The Balaban J connectivity index is 1.65. The van der Waals surface area contributed by atoms with Gasteiger partial charge in [-0.25, -0.2) is 8.42 Å². The molecular weight excluding hydrogens is 624 g/mol.